The largest absolute Gasteiger partial charge is 0.438 e. The van der Waals surface area contributed by atoms with Crippen LogP contribution in [-0.4, -0.2) is 18.1 Å². The highest BCUT2D eigenvalue weighted by molar-refractivity contribution is 6.32. The highest BCUT2D eigenvalue weighted by Gasteiger charge is 2.31. The smallest absolute Gasteiger partial charge is 0.416 e. The van der Waals surface area contributed by atoms with Gasteiger partial charge in [0.05, 0.1) is 10.6 Å². The van der Waals surface area contributed by atoms with Crippen LogP contribution in [0.25, 0.3) is 0 Å². The summed E-state index contributed by atoms with van der Waals surface area (Å²) < 4.78 is 71.0. The van der Waals surface area contributed by atoms with Crippen molar-refractivity contribution in [2.24, 2.45) is 5.73 Å². The van der Waals surface area contributed by atoms with E-state index in [9.17, 15) is 31.5 Å². The molecule has 0 aliphatic heterocycles. The molecule has 0 unspecified atom stereocenters. The summed E-state index contributed by atoms with van der Waals surface area (Å²) in [4.78, 5) is 24.0. The zero-order valence-corrected chi connectivity index (χ0v) is 18.3. The highest BCUT2D eigenvalue weighted by atomic mass is 35.5. The summed E-state index contributed by atoms with van der Waals surface area (Å²) >= 11 is 11.7. The van der Waals surface area contributed by atoms with Crippen LogP contribution in [0.15, 0.2) is 71.6 Å². The number of rotatable bonds is 6. The van der Waals surface area contributed by atoms with Gasteiger partial charge in [0.25, 0.3) is 5.91 Å². The normalized spacial score (nSPS) is 12.5. The van der Waals surface area contributed by atoms with E-state index in [4.69, 9.17) is 33.7 Å². The first kappa shape index (κ1) is 26.7. The molecule has 4 N–H and O–H groups in total. The third-order valence-corrected chi connectivity index (χ3v) is 4.50. The molecule has 34 heavy (non-hydrogen) atoms. The second-order valence-electron chi connectivity index (χ2n) is 6.27. The lowest BCUT2D eigenvalue weighted by Gasteiger charge is -2.12. The number of amides is 3. The minimum atomic E-state index is -4.74. The molecule has 0 heterocycles. The number of nitrogens with one attached hydrogen (secondary N) is 2. The SMILES string of the molecule is C=C/C(=C\C(Cl)=C(/N)Oc1cc(NC(=O)NC(=O)c2c(F)cccc2F)ccc1Cl)C(F)(F)F. The van der Waals surface area contributed by atoms with Gasteiger partial charge in [-0.3, -0.25) is 10.1 Å². The van der Waals surface area contributed by atoms with Gasteiger partial charge in [0.2, 0.25) is 5.88 Å². The first-order valence-corrected chi connectivity index (χ1v) is 9.69. The maximum Gasteiger partial charge on any atom is 0.416 e. The lowest BCUT2D eigenvalue weighted by atomic mass is 10.2. The molecular weight excluding hydrogens is 508 g/mol. The summed E-state index contributed by atoms with van der Waals surface area (Å²) in [5, 5.41) is 3.26. The molecule has 3 amide bonds. The number of alkyl halides is 3. The second-order valence-corrected chi connectivity index (χ2v) is 7.08. The number of hydrogen-bond acceptors (Lipinski definition) is 4. The third-order valence-electron chi connectivity index (χ3n) is 3.89. The minimum Gasteiger partial charge on any atom is -0.438 e. The van der Waals surface area contributed by atoms with Crippen molar-refractivity contribution < 1.29 is 36.3 Å². The van der Waals surface area contributed by atoms with Crippen molar-refractivity contribution in [2.45, 2.75) is 6.18 Å². The van der Waals surface area contributed by atoms with Crippen LogP contribution in [0, 0.1) is 11.6 Å². The summed E-state index contributed by atoms with van der Waals surface area (Å²) in [6.45, 7) is 3.04. The van der Waals surface area contributed by atoms with Crippen molar-refractivity contribution in [2.75, 3.05) is 5.32 Å². The molecule has 2 aromatic carbocycles. The molecule has 2 rings (SSSR count). The summed E-state index contributed by atoms with van der Waals surface area (Å²) in [5.74, 6) is -4.57. The number of ether oxygens (including phenoxy) is 1. The quantitative estimate of drug-likeness (QED) is 0.247. The average molecular weight is 522 g/mol. The van der Waals surface area contributed by atoms with Crippen molar-refractivity contribution in [3.05, 3.63) is 93.8 Å². The van der Waals surface area contributed by atoms with Crippen LogP contribution >= 0.6 is 23.2 Å². The van der Waals surface area contributed by atoms with Gasteiger partial charge in [-0.1, -0.05) is 41.9 Å². The molecule has 0 radical (unpaired) electrons. The van der Waals surface area contributed by atoms with Crippen molar-refractivity contribution in [3.8, 4) is 5.75 Å². The van der Waals surface area contributed by atoms with Gasteiger partial charge in [-0.15, -0.1) is 0 Å². The molecule has 0 atom stereocenters. The lowest BCUT2D eigenvalue weighted by molar-refractivity contribution is -0.0881. The van der Waals surface area contributed by atoms with E-state index in [1.54, 1.807) is 5.32 Å². The van der Waals surface area contributed by atoms with Crippen LogP contribution in [-0.2, 0) is 0 Å². The highest BCUT2D eigenvalue weighted by Crippen LogP contribution is 2.31. The maximum absolute atomic E-state index is 13.7. The van der Waals surface area contributed by atoms with Crippen LogP contribution < -0.4 is 21.1 Å². The van der Waals surface area contributed by atoms with Crippen molar-refractivity contribution in [1.29, 1.82) is 0 Å². The summed E-state index contributed by atoms with van der Waals surface area (Å²) in [6.07, 6.45) is -3.72. The molecule has 0 aliphatic carbocycles. The van der Waals surface area contributed by atoms with Crippen LogP contribution in [0.1, 0.15) is 10.4 Å². The molecule has 13 heteroatoms. The Hall–Kier alpha value is -3.57. The van der Waals surface area contributed by atoms with E-state index < -0.39 is 51.8 Å². The number of benzene rings is 2. The molecule has 0 aliphatic rings. The predicted molar refractivity (Wildman–Crippen MR) is 116 cm³/mol. The Morgan fingerprint density at radius 3 is 2.29 bits per heavy atom. The number of imide groups is 1. The van der Waals surface area contributed by atoms with E-state index in [1.165, 1.54) is 12.1 Å². The van der Waals surface area contributed by atoms with Crippen molar-refractivity contribution in [3.63, 3.8) is 0 Å². The molecule has 0 aromatic heterocycles. The van der Waals surface area contributed by atoms with Crippen LogP contribution in [0.2, 0.25) is 5.02 Å². The van der Waals surface area contributed by atoms with Crippen LogP contribution in [0.3, 0.4) is 0 Å². The topological polar surface area (TPSA) is 93.4 Å². The zero-order chi connectivity index (χ0) is 25.6. The summed E-state index contributed by atoms with van der Waals surface area (Å²) in [7, 11) is 0. The first-order valence-electron chi connectivity index (χ1n) is 8.93. The van der Waals surface area contributed by atoms with E-state index in [2.05, 4.69) is 11.9 Å². The number of anilines is 1. The van der Waals surface area contributed by atoms with Gasteiger partial charge in [0, 0.05) is 11.8 Å². The van der Waals surface area contributed by atoms with Crippen LogP contribution in [0.4, 0.5) is 32.4 Å². The van der Waals surface area contributed by atoms with Crippen molar-refractivity contribution >= 4 is 40.8 Å². The second kappa shape index (κ2) is 11.0. The Morgan fingerprint density at radius 1 is 1.12 bits per heavy atom. The maximum atomic E-state index is 13.7. The van der Waals surface area contributed by atoms with Gasteiger partial charge >= 0.3 is 12.2 Å². The van der Waals surface area contributed by atoms with Crippen LogP contribution in [0.5, 0.6) is 5.75 Å². The monoisotopic (exact) mass is 521 g/mol. The van der Waals surface area contributed by atoms with Gasteiger partial charge in [-0.25, -0.2) is 13.6 Å². The van der Waals surface area contributed by atoms with E-state index in [-0.39, 0.29) is 16.5 Å². The average Bonchev–Trinajstić information content (AvgIpc) is 2.73. The Morgan fingerprint density at radius 2 is 1.74 bits per heavy atom. The predicted octanol–water partition coefficient (Wildman–Crippen LogP) is 6.00. The molecule has 180 valence electrons. The number of halogens is 7. The molecule has 2 aromatic rings. The molecule has 0 spiro atoms. The standard InChI is InChI=1S/C21H14Cl2F5N3O3/c1-2-10(21(26,27)28)8-13(23)18(29)34-16-9-11(6-7-12(16)22)30-20(33)31-19(32)17-14(24)4-3-5-15(17)25/h2-9H,1,29H2,(H2,30,31,32,33)/b10-8+,18-13-. The van der Waals surface area contributed by atoms with E-state index in [1.807, 2.05) is 0 Å². The van der Waals surface area contributed by atoms with E-state index >= 15 is 0 Å². The summed E-state index contributed by atoms with van der Waals surface area (Å²) in [5.41, 5.74) is 3.41. The number of carbonyl (C=O) groups excluding carboxylic acids is 2. The van der Waals surface area contributed by atoms with Gasteiger partial charge < -0.3 is 15.8 Å². The number of allylic oxidation sites excluding steroid dienone is 4. The Labute approximate surface area is 199 Å². The third kappa shape index (κ3) is 6.96. The Balaban J connectivity index is 2.18. The molecule has 6 nitrogen and oxygen atoms in total. The first-order chi connectivity index (χ1) is 15.8. The zero-order valence-electron chi connectivity index (χ0n) is 16.8. The number of urea groups is 1. The number of carbonyl (C=O) groups is 2. The lowest BCUT2D eigenvalue weighted by Crippen LogP contribution is -2.35. The minimum absolute atomic E-state index is 0.0276. The molecule has 0 fully saturated rings. The number of hydrogen-bond donors (Lipinski definition) is 3. The van der Waals surface area contributed by atoms with Gasteiger partial charge in [0.1, 0.15) is 28.0 Å². The molecule has 0 saturated heterocycles. The molecule has 0 bridgehead atoms. The van der Waals surface area contributed by atoms with Gasteiger partial charge in [-0.2, -0.15) is 13.2 Å². The molecular formula is C21H14Cl2F5N3O3. The fourth-order valence-corrected chi connectivity index (χ4v) is 2.65. The Kier molecular flexibility index (Phi) is 8.66. The number of nitrogens with two attached hydrogens (primary N) is 1. The fourth-order valence-electron chi connectivity index (χ4n) is 2.33. The molecule has 0 saturated carbocycles. The van der Waals surface area contributed by atoms with E-state index in [0.29, 0.717) is 12.2 Å². The summed E-state index contributed by atoms with van der Waals surface area (Å²) in [6, 6.07) is 5.16. The van der Waals surface area contributed by atoms with Crippen molar-refractivity contribution in [1.82, 2.24) is 5.32 Å². The van der Waals surface area contributed by atoms with E-state index in [0.717, 1.165) is 24.3 Å². The Bertz CT molecular complexity index is 1180. The van der Waals surface area contributed by atoms with Gasteiger partial charge in [-0.05, 0) is 30.3 Å². The fraction of sp³-hybridized carbons (Fsp3) is 0.0476. The van der Waals surface area contributed by atoms with Gasteiger partial charge in [0.15, 0.2) is 0 Å².